The first kappa shape index (κ1) is 48.5. The Morgan fingerprint density at radius 3 is 1.54 bits per heavy atom. The van der Waals surface area contributed by atoms with Crippen LogP contribution in [0.15, 0.2) is 6.20 Å². The van der Waals surface area contributed by atoms with Crippen LogP contribution >= 0.6 is 0 Å². The third-order valence-corrected chi connectivity index (χ3v) is 7.70. The lowest BCUT2D eigenvalue weighted by atomic mass is 9.86. The van der Waals surface area contributed by atoms with Crippen molar-refractivity contribution < 1.29 is 116 Å². The number of alkyl halides is 21. The van der Waals surface area contributed by atoms with Crippen LogP contribution in [0.4, 0.5) is 97.0 Å². The standard InChI is InChI=1S/C26H25F21N4O5/c1-16(2,3)56-15(53)50-9-12(7-13(50)14(52)54-4)51-8-11(48-49-51)10-55-6-5-17(27,28)18(29,30)19(31,32)20(33,34)21(35,36)22(37,38)23(39,40)24(41,42)25(43,44)26(45,46)47/h8,12-13H,5-7,9-10H2,1-4H3/t12-,13+/m1/s1. The van der Waals surface area contributed by atoms with Crippen molar-refractivity contribution in [2.75, 3.05) is 20.3 Å². The predicted molar refractivity (Wildman–Crippen MR) is 137 cm³/mol. The number of hydrogen-bond acceptors (Lipinski definition) is 7. The minimum Gasteiger partial charge on any atom is -0.467 e. The van der Waals surface area contributed by atoms with Crippen LogP contribution in [0.1, 0.15) is 45.3 Å². The van der Waals surface area contributed by atoms with E-state index < -0.39 is 115 Å². The second-order valence-corrected chi connectivity index (χ2v) is 12.9. The highest BCUT2D eigenvalue weighted by Gasteiger charge is 2.97. The van der Waals surface area contributed by atoms with Gasteiger partial charge in [-0.3, -0.25) is 4.90 Å². The summed E-state index contributed by atoms with van der Waals surface area (Å²) in [5.41, 5.74) is -1.47. The Morgan fingerprint density at radius 1 is 0.696 bits per heavy atom. The lowest BCUT2D eigenvalue weighted by molar-refractivity contribution is -0.474. The average Bonchev–Trinajstić information content (AvgIpc) is 3.68. The highest BCUT2D eigenvalue weighted by atomic mass is 19.4. The van der Waals surface area contributed by atoms with Gasteiger partial charge < -0.3 is 14.2 Å². The summed E-state index contributed by atoms with van der Waals surface area (Å²) in [6.45, 7) is 1.10. The van der Waals surface area contributed by atoms with Crippen LogP contribution in [-0.2, 0) is 25.6 Å². The number of ether oxygens (including phenoxy) is 3. The lowest BCUT2D eigenvalue weighted by Crippen LogP contribution is -2.76. The molecule has 9 nitrogen and oxygen atoms in total. The normalized spacial score (nSPS) is 19.1. The van der Waals surface area contributed by atoms with Crippen LogP contribution in [0.5, 0.6) is 0 Å². The highest BCUT2D eigenvalue weighted by molar-refractivity contribution is 5.82. The first-order valence-electron chi connectivity index (χ1n) is 14.7. The minimum absolute atomic E-state index is 0.208. The number of nitrogens with zero attached hydrogens (tertiary/aromatic N) is 4. The van der Waals surface area contributed by atoms with Gasteiger partial charge in [-0.15, -0.1) is 5.10 Å². The van der Waals surface area contributed by atoms with Crippen LogP contribution in [-0.4, -0.2) is 123 Å². The summed E-state index contributed by atoms with van der Waals surface area (Å²) in [6.07, 6.45) is -11.3. The molecule has 2 heterocycles. The molecule has 0 aromatic carbocycles. The molecule has 56 heavy (non-hydrogen) atoms. The molecule has 1 aliphatic rings. The number of methoxy groups -OCH3 is 1. The van der Waals surface area contributed by atoms with Crippen molar-refractivity contribution >= 4 is 12.1 Å². The molecule has 1 fully saturated rings. The first-order chi connectivity index (χ1) is 24.6. The molecule has 0 radical (unpaired) electrons. The van der Waals surface area contributed by atoms with E-state index in [2.05, 4.69) is 19.8 Å². The van der Waals surface area contributed by atoms with E-state index >= 15 is 0 Å². The topological polar surface area (TPSA) is 95.8 Å². The average molecular weight is 872 g/mol. The van der Waals surface area contributed by atoms with E-state index in [-0.39, 0.29) is 13.0 Å². The number of amides is 1. The summed E-state index contributed by atoms with van der Waals surface area (Å²) in [5.74, 6) is -78.6. The van der Waals surface area contributed by atoms with Crippen molar-refractivity contribution in [3.63, 3.8) is 0 Å². The predicted octanol–water partition coefficient (Wildman–Crippen LogP) is 8.19. The molecule has 326 valence electrons. The number of carbonyl (C=O) groups excluding carboxylic acids is 2. The SMILES string of the molecule is COC(=O)[C@@H]1C[C@@H](n2cc(COCCC(F)(F)C(F)(F)C(F)(F)C(F)(F)C(F)(F)C(F)(F)C(F)(F)C(F)(F)C(F)(F)C(F)(F)F)nn2)CN1C(=O)OC(C)(C)C. The Labute approximate surface area is 298 Å². The summed E-state index contributed by atoms with van der Waals surface area (Å²) in [4.78, 5) is 25.7. The molecule has 1 aromatic heterocycles. The largest absolute Gasteiger partial charge is 0.467 e. The van der Waals surface area contributed by atoms with Gasteiger partial charge in [-0.05, 0) is 20.8 Å². The third kappa shape index (κ3) is 7.81. The van der Waals surface area contributed by atoms with Gasteiger partial charge in [0, 0.05) is 19.4 Å². The van der Waals surface area contributed by atoms with Gasteiger partial charge in [-0.1, -0.05) is 5.21 Å². The molecule has 0 unspecified atom stereocenters. The fourth-order valence-corrected chi connectivity index (χ4v) is 4.57. The summed E-state index contributed by atoms with van der Waals surface area (Å²) in [6, 6.07) is -2.15. The van der Waals surface area contributed by atoms with Crippen LogP contribution in [0.2, 0.25) is 0 Å². The Morgan fingerprint density at radius 2 is 1.12 bits per heavy atom. The fourth-order valence-electron chi connectivity index (χ4n) is 4.57. The van der Waals surface area contributed by atoms with Crippen LogP contribution in [0.3, 0.4) is 0 Å². The van der Waals surface area contributed by atoms with Crippen molar-refractivity contribution in [2.24, 2.45) is 0 Å². The summed E-state index contributed by atoms with van der Waals surface area (Å²) in [7, 11) is 0.983. The minimum atomic E-state index is -9.25. The van der Waals surface area contributed by atoms with Gasteiger partial charge in [0.15, 0.2) is 0 Å². The Balaban J connectivity index is 2.25. The molecule has 1 amide bonds. The number of hydrogen-bond donors (Lipinski definition) is 0. The molecular formula is C26H25F21N4O5. The van der Waals surface area contributed by atoms with E-state index in [0.29, 0.717) is 0 Å². The number of carbonyl (C=O) groups is 2. The monoisotopic (exact) mass is 872 g/mol. The van der Waals surface area contributed by atoms with Crippen LogP contribution < -0.4 is 0 Å². The van der Waals surface area contributed by atoms with Crippen molar-refractivity contribution in [3.8, 4) is 0 Å². The maximum Gasteiger partial charge on any atom is 0.460 e. The van der Waals surface area contributed by atoms with E-state index in [9.17, 15) is 102 Å². The molecule has 1 saturated heterocycles. The van der Waals surface area contributed by atoms with Gasteiger partial charge in [-0.25, -0.2) is 14.3 Å². The molecule has 0 spiro atoms. The number of likely N-dealkylation sites (tertiary alicyclic amines) is 1. The van der Waals surface area contributed by atoms with Crippen LogP contribution in [0.25, 0.3) is 0 Å². The zero-order valence-corrected chi connectivity index (χ0v) is 28.0. The van der Waals surface area contributed by atoms with E-state index in [4.69, 9.17) is 4.74 Å². The quantitative estimate of drug-likeness (QED) is 0.0997. The molecule has 1 aliphatic heterocycles. The number of rotatable bonds is 15. The van der Waals surface area contributed by atoms with E-state index in [0.717, 1.165) is 22.9 Å². The van der Waals surface area contributed by atoms with E-state index in [1.165, 1.54) is 20.8 Å². The van der Waals surface area contributed by atoms with Crippen LogP contribution in [0, 0.1) is 0 Å². The van der Waals surface area contributed by atoms with Crippen molar-refractivity contribution in [3.05, 3.63) is 11.9 Å². The van der Waals surface area contributed by atoms with Crippen molar-refractivity contribution in [1.29, 1.82) is 0 Å². The molecule has 0 bridgehead atoms. The highest BCUT2D eigenvalue weighted by Crippen LogP contribution is 2.66. The molecule has 30 heteroatoms. The van der Waals surface area contributed by atoms with Gasteiger partial charge in [-0.2, -0.15) is 92.2 Å². The van der Waals surface area contributed by atoms with Gasteiger partial charge in [0.05, 0.1) is 32.6 Å². The zero-order valence-electron chi connectivity index (χ0n) is 28.0. The zero-order chi connectivity index (χ0) is 44.3. The first-order valence-corrected chi connectivity index (χ1v) is 14.7. The molecule has 0 N–H and O–H groups in total. The smallest absolute Gasteiger partial charge is 0.460 e. The fraction of sp³-hybridized carbons (Fsp3) is 0.846. The second-order valence-electron chi connectivity index (χ2n) is 12.9. The number of aromatic nitrogens is 3. The third-order valence-electron chi connectivity index (χ3n) is 7.70. The van der Waals surface area contributed by atoms with Gasteiger partial charge in [0.2, 0.25) is 0 Å². The number of halogens is 21. The van der Waals surface area contributed by atoms with Gasteiger partial charge in [0.25, 0.3) is 0 Å². The lowest BCUT2D eigenvalue weighted by Gasteiger charge is -2.44. The van der Waals surface area contributed by atoms with Gasteiger partial charge in [0.1, 0.15) is 17.3 Å². The Bertz CT molecular complexity index is 1570. The molecule has 2 atom stereocenters. The summed E-state index contributed by atoms with van der Waals surface area (Å²) < 4.78 is 300. The molecule has 0 saturated carbocycles. The maximum absolute atomic E-state index is 14.2. The Hall–Kier alpha value is -3.63. The Kier molecular flexibility index (Phi) is 12.7. The molecular weight excluding hydrogens is 847 g/mol. The van der Waals surface area contributed by atoms with Gasteiger partial charge >= 0.3 is 71.5 Å². The number of esters is 1. The molecule has 0 aliphatic carbocycles. The molecule has 2 rings (SSSR count). The summed E-state index contributed by atoms with van der Waals surface area (Å²) >= 11 is 0. The van der Waals surface area contributed by atoms with Crippen molar-refractivity contribution in [1.82, 2.24) is 19.9 Å². The second kappa shape index (κ2) is 14.6. The van der Waals surface area contributed by atoms with E-state index in [1.807, 2.05) is 0 Å². The summed E-state index contributed by atoms with van der Waals surface area (Å²) in [5, 5.41) is 7.04. The maximum atomic E-state index is 14.2. The molecule has 1 aromatic rings. The van der Waals surface area contributed by atoms with Crippen molar-refractivity contribution in [2.45, 2.75) is 117 Å². The van der Waals surface area contributed by atoms with E-state index in [1.54, 1.807) is 0 Å².